The molecule has 5 heteroatoms. The van der Waals surface area contributed by atoms with Crippen LogP contribution in [0.5, 0.6) is 0 Å². The lowest BCUT2D eigenvalue weighted by Gasteiger charge is -2.34. The molecule has 1 rings (SSSR count). The Morgan fingerprint density at radius 3 is 2.75 bits per heavy atom. The summed E-state index contributed by atoms with van der Waals surface area (Å²) in [5.41, 5.74) is 0. The summed E-state index contributed by atoms with van der Waals surface area (Å²) in [5.74, 6) is 0.177. The molecule has 1 fully saturated rings. The Labute approximate surface area is 69.1 Å². The topological polar surface area (TPSA) is 38.3 Å². The van der Waals surface area contributed by atoms with E-state index in [1.165, 1.54) is 0 Å². The summed E-state index contributed by atoms with van der Waals surface area (Å²) >= 11 is 0. The molecule has 0 radical (unpaired) electrons. The molecular weight excluding hydrogens is 168 g/mol. The fraction of sp³-hybridized carbons (Fsp3) is 0.857. The van der Waals surface area contributed by atoms with Gasteiger partial charge in [0.2, 0.25) is 6.41 Å². The second-order valence-corrected chi connectivity index (χ2v) is 2.91. The molecule has 1 aliphatic rings. The van der Waals surface area contributed by atoms with Gasteiger partial charge in [-0.3, -0.25) is 4.79 Å². The molecule has 0 unspecified atom stereocenters. The van der Waals surface area contributed by atoms with Gasteiger partial charge in [0.1, 0.15) is 0 Å². The van der Waals surface area contributed by atoms with Gasteiger partial charge in [-0.1, -0.05) is 0 Å². The number of amides is 1. The molecule has 3 nitrogen and oxygen atoms in total. The molecule has 0 aliphatic heterocycles. The molecule has 1 N–H and O–H groups in total. The lowest BCUT2D eigenvalue weighted by molar-refractivity contribution is -0.145. The van der Waals surface area contributed by atoms with Crippen molar-refractivity contribution < 1.29 is 18.3 Å². The van der Waals surface area contributed by atoms with E-state index in [4.69, 9.17) is 0 Å². The molecule has 0 aromatic heterocycles. The SMILES string of the molecule is O=CNC1CC(COC(F)F)C1. The molecule has 0 aromatic rings. The molecule has 1 saturated carbocycles. The average Bonchev–Trinajstić information content (AvgIpc) is 1.93. The van der Waals surface area contributed by atoms with Crippen molar-refractivity contribution in [3.63, 3.8) is 0 Å². The Hall–Kier alpha value is -0.710. The zero-order valence-corrected chi connectivity index (χ0v) is 6.50. The molecule has 1 amide bonds. The number of carbonyl (C=O) groups excluding carboxylic acids is 1. The van der Waals surface area contributed by atoms with Gasteiger partial charge < -0.3 is 10.1 Å². The molecule has 0 bridgehead atoms. The van der Waals surface area contributed by atoms with Crippen LogP contribution in [0.15, 0.2) is 0 Å². The Bertz CT molecular complexity index is 148. The van der Waals surface area contributed by atoms with Crippen LogP contribution in [0, 0.1) is 5.92 Å². The monoisotopic (exact) mass is 179 g/mol. The van der Waals surface area contributed by atoms with Gasteiger partial charge in [-0.15, -0.1) is 0 Å². The summed E-state index contributed by atoms with van der Waals surface area (Å²) in [6.45, 7) is -2.59. The average molecular weight is 179 g/mol. The van der Waals surface area contributed by atoms with Crippen molar-refractivity contribution in [2.45, 2.75) is 25.5 Å². The van der Waals surface area contributed by atoms with Crippen molar-refractivity contribution in [1.29, 1.82) is 0 Å². The van der Waals surface area contributed by atoms with E-state index in [0.29, 0.717) is 6.41 Å². The summed E-state index contributed by atoms with van der Waals surface area (Å²) in [7, 11) is 0. The minimum atomic E-state index is -2.68. The largest absolute Gasteiger partial charge is 0.356 e. The maximum Gasteiger partial charge on any atom is 0.345 e. The predicted molar refractivity (Wildman–Crippen MR) is 37.7 cm³/mol. The van der Waals surface area contributed by atoms with Crippen molar-refractivity contribution in [1.82, 2.24) is 5.32 Å². The van der Waals surface area contributed by atoms with Gasteiger partial charge in [0, 0.05) is 6.04 Å². The molecule has 0 aromatic carbocycles. The van der Waals surface area contributed by atoms with Gasteiger partial charge in [-0.05, 0) is 18.8 Å². The van der Waals surface area contributed by atoms with Gasteiger partial charge in [0.05, 0.1) is 6.61 Å². The van der Waals surface area contributed by atoms with Gasteiger partial charge >= 0.3 is 6.61 Å². The van der Waals surface area contributed by atoms with Crippen LogP contribution >= 0.6 is 0 Å². The number of halogens is 2. The number of rotatable bonds is 5. The smallest absolute Gasteiger partial charge is 0.345 e. The minimum Gasteiger partial charge on any atom is -0.356 e. The third-order valence-corrected chi connectivity index (χ3v) is 2.00. The van der Waals surface area contributed by atoms with E-state index in [1.54, 1.807) is 0 Å². The highest BCUT2D eigenvalue weighted by Crippen LogP contribution is 2.27. The minimum absolute atomic E-state index is 0.0920. The van der Waals surface area contributed by atoms with E-state index in [-0.39, 0.29) is 18.6 Å². The van der Waals surface area contributed by atoms with Gasteiger partial charge in [0.25, 0.3) is 0 Å². The number of carbonyl (C=O) groups is 1. The van der Waals surface area contributed by atoms with E-state index in [9.17, 15) is 13.6 Å². The van der Waals surface area contributed by atoms with Crippen molar-refractivity contribution in [2.75, 3.05) is 6.61 Å². The van der Waals surface area contributed by atoms with Gasteiger partial charge in [-0.25, -0.2) is 0 Å². The highest BCUT2D eigenvalue weighted by atomic mass is 19.3. The van der Waals surface area contributed by atoms with Crippen molar-refractivity contribution in [2.24, 2.45) is 5.92 Å². The number of nitrogens with one attached hydrogen (secondary N) is 1. The number of hydrogen-bond donors (Lipinski definition) is 1. The summed E-state index contributed by atoms with van der Waals surface area (Å²) in [4.78, 5) is 9.92. The van der Waals surface area contributed by atoms with Crippen LogP contribution in [0.1, 0.15) is 12.8 Å². The first-order chi connectivity index (χ1) is 5.72. The van der Waals surface area contributed by atoms with Crippen molar-refractivity contribution in [3.05, 3.63) is 0 Å². The van der Waals surface area contributed by atoms with Crippen LogP contribution in [-0.4, -0.2) is 25.7 Å². The van der Waals surface area contributed by atoms with E-state index in [0.717, 1.165) is 12.8 Å². The second-order valence-electron chi connectivity index (χ2n) is 2.91. The van der Waals surface area contributed by atoms with Gasteiger partial charge in [0.15, 0.2) is 0 Å². The molecular formula is C7H11F2NO2. The van der Waals surface area contributed by atoms with Crippen LogP contribution in [0.25, 0.3) is 0 Å². The first-order valence-electron chi connectivity index (χ1n) is 3.82. The molecule has 0 heterocycles. The highest BCUT2D eigenvalue weighted by Gasteiger charge is 2.29. The van der Waals surface area contributed by atoms with E-state index in [1.807, 2.05) is 0 Å². The molecule has 1 aliphatic carbocycles. The molecule has 0 saturated heterocycles. The Morgan fingerprint density at radius 2 is 2.25 bits per heavy atom. The Morgan fingerprint density at radius 1 is 1.58 bits per heavy atom. The first-order valence-corrected chi connectivity index (χ1v) is 3.82. The molecule has 70 valence electrons. The molecule has 0 atom stereocenters. The van der Waals surface area contributed by atoms with E-state index < -0.39 is 6.61 Å². The summed E-state index contributed by atoms with van der Waals surface area (Å²) in [5, 5.41) is 2.58. The summed E-state index contributed by atoms with van der Waals surface area (Å²) in [6.07, 6.45) is 2.12. The third-order valence-electron chi connectivity index (χ3n) is 2.00. The quantitative estimate of drug-likeness (QED) is 0.632. The number of alkyl halides is 2. The first kappa shape index (κ1) is 9.38. The second kappa shape index (κ2) is 4.35. The van der Waals surface area contributed by atoms with Crippen molar-refractivity contribution in [3.8, 4) is 0 Å². The summed E-state index contributed by atoms with van der Waals surface area (Å²) < 4.78 is 27.1. The van der Waals surface area contributed by atoms with Crippen LogP contribution in [-0.2, 0) is 9.53 Å². The van der Waals surface area contributed by atoms with Crippen LogP contribution in [0.2, 0.25) is 0 Å². The predicted octanol–water partition coefficient (Wildman–Crippen LogP) is 0.750. The maximum atomic E-state index is 11.5. The van der Waals surface area contributed by atoms with Crippen LogP contribution < -0.4 is 5.32 Å². The maximum absolute atomic E-state index is 11.5. The fourth-order valence-electron chi connectivity index (χ4n) is 1.31. The van der Waals surface area contributed by atoms with Gasteiger partial charge in [-0.2, -0.15) is 8.78 Å². The normalized spacial score (nSPS) is 28.2. The lowest BCUT2D eigenvalue weighted by atomic mass is 9.81. The Balaban J connectivity index is 1.98. The van der Waals surface area contributed by atoms with E-state index in [2.05, 4.69) is 10.1 Å². The van der Waals surface area contributed by atoms with Crippen LogP contribution in [0.3, 0.4) is 0 Å². The zero-order chi connectivity index (χ0) is 8.97. The zero-order valence-electron chi connectivity index (χ0n) is 6.50. The Kier molecular flexibility index (Phi) is 3.40. The lowest BCUT2D eigenvalue weighted by Crippen LogP contribution is -2.42. The molecule has 12 heavy (non-hydrogen) atoms. The third kappa shape index (κ3) is 2.73. The standard InChI is InChI=1S/C7H11F2NO2/c8-7(9)12-3-5-1-6(2-5)10-4-11/h4-7H,1-3H2,(H,10,11). The number of hydrogen-bond acceptors (Lipinski definition) is 2. The summed E-state index contributed by atoms with van der Waals surface area (Å²) in [6, 6.07) is 0.161. The van der Waals surface area contributed by atoms with E-state index >= 15 is 0 Å². The highest BCUT2D eigenvalue weighted by molar-refractivity contribution is 5.46. The fourth-order valence-corrected chi connectivity index (χ4v) is 1.31. The number of ether oxygens (including phenoxy) is 1. The van der Waals surface area contributed by atoms with Crippen molar-refractivity contribution >= 4 is 6.41 Å². The van der Waals surface area contributed by atoms with Crippen LogP contribution in [0.4, 0.5) is 8.78 Å². The molecule has 0 spiro atoms.